The zero-order valence-electron chi connectivity index (χ0n) is 10.4. The summed E-state index contributed by atoms with van der Waals surface area (Å²) in [6, 6.07) is 0.0462. The molecule has 1 rings (SSSR count). The Labute approximate surface area is 96.5 Å². The lowest BCUT2D eigenvalue weighted by molar-refractivity contribution is 0.269. The molecule has 0 saturated carbocycles. The highest BCUT2D eigenvalue weighted by Crippen LogP contribution is 2.23. The average molecular weight is 224 g/mol. The smallest absolute Gasteiger partial charge is 0.137 e. The minimum atomic E-state index is 0.0462. The first kappa shape index (κ1) is 12.7. The molecule has 0 aliphatic rings. The minimum absolute atomic E-state index is 0.0462. The molecule has 0 spiro atoms. The first-order valence-corrected chi connectivity index (χ1v) is 5.51. The molecule has 1 unspecified atom stereocenters. The Morgan fingerprint density at radius 3 is 2.69 bits per heavy atom. The third kappa shape index (κ3) is 2.41. The van der Waals surface area contributed by atoms with Crippen LogP contribution in [-0.4, -0.2) is 41.8 Å². The summed E-state index contributed by atoms with van der Waals surface area (Å²) < 4.78 is 0. The van der Waals surface area contributed by atoms with E-state index in [1.54, 1.807) is 6.33 Å². The lowest BCUT2D eigenvalue weighted by Crippen LogP contribution is -2.33. The average Bonchev–Trinajstić information content (AvgIpc) is 2.35. The van der Waals surface area contributed by atoms with Gasteiger partial charge in [0.25, 0.3) is 0 Å². The van der Waals surface area contributed by atoms with Crippen molar-refractivity contribution in [2.45, 2.75) is 26.3 Å². The SMILES string of the molecule is CCc1c(NC)ncnc1N(C)C(C)CO. The Bertz CT molecular complexity index is 343. The van der Waals surface area contributed by atoms with Crippen LogP contribution < -0.4 is 10.2 Å². The number of anilines is 2. The summed E-state index contributed by atoms with van der Waals surface area (Å²) in [4.78, 5) is 10.4. The fourth-order valence-corrected chi connectivity index (χ4v) is 1.58. The Kier molecular flexibility index (Phi) is 4.49. The first-order valence-electron chi connectivity index (χ1n) is 5.51. The predicted octanol–water partition coefficient (Wildman–Crippen LogP) is 0.898. The van der Waals surface area contributed by atoms with Gasteiger partial charge in [-0.2, -0.15) is 0 Å². The fraction of sp³-hybridized carbons (Fsp3) is 0.636. The number of aliphatic hydroxyl groups is 1. The number of likely N-dealkylation sites (N-methyl/N-ethyl adjacent to an activating group) is 1. The molecule has 1 atom stereocenters. The van der Waals surface area contributed by atoms with Gasteiger partial charge < -0.3 is 15.3 Å². The molecule has 5 heteroatoms. The number of aliphatic hydroxyl groups excluding tert-OH is 1. The van der Waals surface area contributed by atoms with Gasteiger partial charge >= 0.3 is 0 Å². The maximum absolute atomic E-state index is 9.16. The van der Waals surface area contributed by atoms with Crippen molar-refractivity contribution in [2.24, 2.45) is 0 Å². The number of nitrogens with zero attached hydrogens (tertiary/aromatic N) is 3. The van der Waals surface area contributed by atoms with E-state index in [0.29, 0.717) is 0 Å². The van der Waals surface area contributed by atoms with E-state index in [4.69, 9.17) is 5.11 Å². The van der Waals surface area contributed by atoms with Gasteiger partial charge in [0.15, 0.2) is 0 Å². The van der Waals surface area contributed by atoms with Crippen LogP contribution in [0.1, 0.15) is 19.4 Å². The van der Waals surface area contributed by atoms with E-state index < -0.39 is 0 Å². The molecule has 0 aliphatic carbocycles. The number of hydrogen-bond donors (Lipinski definition) is 2. The Balaban J connectivity index is 3.12. The summed E-state index contributed by atoms with van der Waals surface area (Å²) in [5, 5.41) is 12.2. The van der Waals surface area contributed by atoms with Crippen LogP contribution in [0.3, 0.4) is 0 Å². The lowest BCUT2D eigenvalue weighted by Gasteiger charge is -2.26. The molecule has 5 nitrogen and oxygen atoms in total. The molecule has 1 aromatic heterocycles. The van der Waals surface area contributed by atoms with Crippen LogP contribution in [-0.2, 0) is 6.42 Å². The molecule has 0 aliphatic heterocycles. The highest BCUT2D eigenvalue weighted by molar-refractivity contribution is 5.58. The van der Waals surface area contributed by atoms with Crippen LogP contribution in [0.2, 0.25) is 0 Å². The van der Waals surface area contributed by atoms with E-state index in [9.17, 15) is 0 Å². The van der Waals surface area contributed by atoms with Crippen molar-refractivity contribution in [1.29, 1.82) is 0 Å². The summed E-state index contributed by atoms with van der Waals surface area (Å²) in [5.74, 6) is 1.73. The molecule has 1 heterocycles. The second kappa shape index (κ2) is 5.65. The summed E-state index contributed by atoms with van der Waals surface area (Å²) in [7, 11) is 3.78. The maximum atomic E-state index is 9.16. The van der Waals surface area contributed by atoms with E-state index >= 15 is 0 Å². The zero-order chi connectivity index (χ0) is 12.1. The second-order valence-electron chi connectivity index (χ2n) is 3.77. The third-order valence-corrected chi connectivity index (χ3v) is 2.77. The molecule has 0 fully saturated rings. The number of hydrogen-bond acceptors (Lipinski definition) is 5. The van der Waals surface area contributed by atoms with E-state index in [2.05, 4.69) is 22.2 Å². The van der Waals surface area contributed by atoms with Crippen LogP contribution in [0.4, 0.5) is 11.6 Å². The highest BCUT2D eigenvalue weighted by Gasteiger charge is 2.16. The van der Waals surface area contributed by atoms with Gasteiger partial charge in [0, 0.05) is 19.7 Å². The maximum Gasteiger partial charge on any atom is 0.137 e. The van der Waals surface area contributed by atoms with Crippen LogP contribution in [0.5, 0.6) is 0 Å². The summed E-state index contributed by atoms with van der Waals surface area (Å²) >= 11 is 0. The topological polar surface area (TPSA) is 61.3 Å². The van der Waals surface area contributed by atoms with Gasteiger partial charge in [0.05, 0.1) is 12.6 Å². The molecule has 16 heavy (non-hydrogen) atoms. The number of rotatable bonds is 5. The monoisotopic (exact) mass is 224 g/mol. The number of nitrogens with one attached hydrogen (secondary N) is 1. The van der Waals surface area contributed by atoms with Gasteiger partial charge in [-0.05, 0) is 13.3 Å². The molecule has 1 aromatic rings. The second-order valence-corrected chi connectivity index (χ2v) is 3.77. The molecule has 0 amide bonds. The van der Waals surface area contributed by atoms with Crippen molar-refractivity contribution in [2.75, 3.05) is 30.9 Å². The molecular weight excluding hydrogens is 204 g/mol. The Hall–Kier alpha value is -1.36. The van der Waals surface area contributed by atoms with Gasteiger partial charge in [0.1, 0.15) is 18.0 Å². The van der Waals surface area contributed by atoms with Crippen molar-refractivity contribution in [3.8, 4) is 0 Å². The van der Waals surface area contributed by atoms with Gasteiger partial charge in [-0.15, -0.1) is 0 Å². The summed E-state index contributed by atoms with van der Waals surface area (Å²) in [6.45, 7) is 4.14. The third-order valence-electron chi connectivity index (χ3n) is 2.77. The normalized spacial score (nSPS) is 12.3. The van der Waals surface area contributed by atoms with Crippen LogP contribution in [0.15, 0.2) is 6.33 Å². The molecule has 0 saturated heterocycles. The Morgan fingerprint density at radius 2 is 2.19 bits per heavy atom. The van der Waals surface area contributed by atoms with Gasteiger partial charge in [0.2, 0.25) is 0 Å². The van der Waals surface area contributed by atoms with Crippen molar-refractivity contribution < 1.29 is 5.11 Å². The molecule has 0 aromatic carbocycles. The van der Waals surface area contributed by atoms with Crippen LogP contribution in [0.25, 0.3) is 0 Å². The van der Waals surface area contributed by atoms with Gasteiger partial charge in [-0.1, -0.05) is 6.92 Å². The Morgan fingerprint density at radius 1 is 1.50 bits per heavy atom. The van der Waals surface area contributed by atoms with Gasteiger partial charge in [-0.3, -0.25) is 0 Å². The number of aromatic nitrogens is 2. The van der Waals surface area contributed by atoms with E-state index in [1.807, 2.05) is 25.9 Å². The van der Waals surface area contributed by atoms with Crippen molar-refractivity contribution in [3.05, 3.63) is 11.9 Å². The van der Waals surface area contributed by atoms with Crippen LogP contribution >= 0.6 is 0 Å². The predicted molar refractivity (Wildman–Crippen MR) is 65.9 cm³/mol. The quantitative estimate of drug-likeness (QED) is 0.778. The first-order chi connectivity index (χ1) is 7.65. The molecule has 0 bridgehead atoms. The van der Waals surface area contributed by atoms with Crippen molar-refractivity contribution >= 4 is 11.6 Å². The summed E-state index contributed by atoms with van der Waals surface area (Å²) in [6.07, 6.45) is 2.40. The fourth-order valence-electron chi connectivity index (χ4n) is 1.58. The molecule has 90 valence electrons. The van der Waals surface area contributed by atoms with E-state index in [-0.39, 0.29) is 12.6 Å². The molecule has 2 N–H and O–H groups in total. The standard InChI is InChI=1S/C11H20N4O/c1-5-9-10(12-3)13-7-14-11(9)15(4)8(2)6-16/h7-8,16H,5-6H2,1-4H3,(H,12,13,14). The van der Waals surface area contributed by atoms with Crippen LogP contribution in [0, 0.1) is 0 Å². The molecule has 0 radical (unpaired) electrons. The van der Waals surface area contributed by atoms with Crippen molar-refractivity contribution in [3.63, 3.8) is 0 Å². The molecular formula is C11H20N4O. The zero-order valence-corrected chi connectivity index (χ0v) is 10.4. The highest BCUT2D eigenvalue weighted by atomic mass is 16.3. The van der Waals surface area contributed by atoms with E-state index in [0.717, 1.165) is 23.6 Å². The summed E-state index contributed by atoms with van der Waals surface area (Å²) in [5.41, 5.74) is 1.08. The largest absolute Gasteiger partial charge is 0.394 e. The van der Waals surface area contributed by atoms with E-state index in [1.165, 1.54) is 0 Å². The minimum Gasteiger partial charge on any atom is -0.394 e. The van der Waals surface area contributed by atoms with Gasteiger partial charge in [-0.25, -0.2) is 9.97 Å². The van der Waals surface area contributed by atoms with Crippen molar-refractivity contribution in [1.82, 2.24) is 9.97 Å². The lowest BCUT2D eigenvalue weighted by atomic mass is 10.2.